The summed E-state index contributed by atoms with van der Waals surface area (Å²) in [5, 5.41) is 7.07. The second kappa shape index (κ2) is 7.61. The summed E-state index contributed by atoms with van der Waals surface area (Å²) in [4.78, 5) is 14.2. The van der Waals surface area contributed by atoms with E-state index in [0.29, 0.717) is 11.6 Å². The minimum absolute atomic E-state index is 0.221. The molecule has 1 aromatic heterocycles. The van der Waals surface area contributed by atoms with Gasteiger partial charge >= 0.3 is 0 Å². The van der Waals surface area contributed by atoms with Crippen LogP contribution in [0, 0.1) is 0 Å². The highest BCUT2D eigenvalue weighted by molar-refractivity contribution is 5.93. The van der Waals surface area contributed by atoms with E-state index in [1.807, 2.05) is 50.6 Å². The summed E-state index contributed by atoms with van der Waals surface area (Å²) in [6.07, 6.45) is 1.26. The predicted molar refractivity (Wildman–Crippen MR) is 85.9 cm³/mol. The highest BCUT2D eigenvalue weighted by Crippen LogP contribution is 2.12. The predicted octanol–water partition coefficient (Wildman–Crippen LogP) is 1.85. The molecule has 0 spiro atoms. The van der Waals surface area contributed by atoms with E-state index in [1.165, 1.54) is 0 Å². The van der Waals surface area contributed by atoms with Crippen LogP contribution in [0.15, 0.2) is 42.6 Å². The highest BCUT2D eigenvalue weighted by atomic mass is 16.5. The molecule has 0 aliphatic rings. The van der Waals surface area contributed by atoms with Gasteiger partial charge in [0.05, 0.1) is 6.54 Å². The van der Waals surface area contributed by atoms with Crippen LogP contribution in [0.5, 0.6) is 5.75 Å². The van der Waals surface area contributed by atoms with Crippen molar-refractivity contribution >= 4 is 11.7 Å². The fraction of sp³-hybridized carbons (Fsp3) is 0.375. The third-order valence-corrected chi connectivity index (χ3v) is 3.09. The fourth-order valence-corrected chi connectivity index (χ4v) is 1.84. The first kappa shape index (κ1) is 16.0. The maximum atomic E-state index is 12.1. The fourth-order valence-electron chi connectivity index (χ4n) is 1.84. The van der Waals surface area contributed by atoms with Crippen molar-refractivity contribution < 1.29 is 9.53 Å². The van der Waals surface area contributed by atoms with Crippen LogP contribution in [0.3, 0.4) is 0 Å². The molecule has 0 aliphatic carbocycles. The highest BCUT2D eigenvalue weighted by Gasteiger charge is 2.15. The third kappa shape index (κ3) is 4.89. The van der Waals surface area contributed by atoms with Crippen LogP contribution in [0.1, 0.15) is 6.92 Å². The molecule has 0 aliphatic heterocycles. The third-order valence-electron chi connectivity index (χ3n) is 3.09. The number of aromatic nitrogens is 2. The monoisotopic (exact) mass is 302 g/mol. The Labute approximate surface area is 130 Å². The van der Waals surface area contributed by atoms with Crippen molar-refractivity contribution in [3.63, 3.8) is 0 Å². The molecular formula is C16H22N4O2. The Morgan fingerprint density at radius 3 is 2.73 bits per heavy atom. The number of para-hydroxylation sites is 1. The molecule has 1 N–H and O–H groups in total. The number of nitrogens with one attached hydrogen (secondary N) is 1. The van der Waals surface area contributed by atoms with Gasteiger partial charge in [-0.2, -0.15) is 5.10 Å². The van der Waals surface area contributed by atoms with E-state index in [1.54, 1.807) is 17.7 Å². The van der Waals surface area contributed by atoms with E-state index < -0.39 is 6.10 Å². The van der Waals surface area contributed by atoms with Gasteiger partial charge < -0.3 is 15.0 Å². The molecule has 2 aromatic rings. The number of amides is 1. The van der Waals surface area contributed by atoms with Crippen molar-refractivity contribution in [3.8, 4) is 5.75 Å². The molecule has 0 saturated carbocycles. The Balaban J connectivity index is 1.86. The number of rotatable bonds is 7. The molecule has 1 heterocycles. The zero-order valence-corrected chi connectivity index (χ0v) is 13.2. The first-order valence-electron chi connectivity index (χ1n) is 7.25. The van der Waals surface area contributed by atoms with E-state index >= 15 is 0 Å². The Kier molecular flexibility index (Phi) is 5.55. The van der Waals surface area contributed by atoms with E-state index in [0.717, 1.165) is 13.1 Å². The molecule has 22 heavy (non-hydrogen) atoms. The van der Waals surface area contributed by atoms with Gasteiger partial charge in [-0.05, 0) is 33.2 Å². The summed E-state index contributed by atoms with van der Waals surface area (Å²) in [7, 11) is 4.02. The molecule has 1 atom stereocenters. The van der Waals surface area contributed by atoms with E-state index in [-0.39, 0.29) is 5.91 Å². The second-order valence-corrected chi connectivity index (χ2v) is 5.33. The van der Waals surface area contributed by atoms with E-state index in [9.17, 15) is 4.79 Å². The van der Waals surface area contributed by atoms with Gasteiger partial charge in [0.15, 0.2) is 11.9 Å². The first-order chi connectivity index (χ1) is 10.5. The molecule has 6 heteroatoms. The van der Waals surface area contributed by atoms with Crippen LogP contribution in [-0.2, 0) is 11.3 Å². The molecule has 118 valence electrons. The van der Waals surface area contributed by atoms with Crippen LogP contribution in [0.25, 0.3) is 0 Å². The number of nitrogens with zero attached hydrogens (tertiary/aromatic N) is 3. The zero-order valence-electron chi connectivity index (χ0n) is 13.2. The average molecular weight is 302 g/mol. The lowest BCUT2D eigenvalue weighted by molar-refractivity contribution is -0.122. The largest absolute Gasteiger partial charge is 0.481 e. The molecule has 1 aromatic carbocycles. The second-order valence-electron chi connectivity index (χ2n) is 5.33. The molecule has 2 rings (SSSR count). The summed E-state index contributed by atoms with van der Waals surface area (Å²) in [5.41, 5.74) is 0. The van der Waals surface area contributed by atoms with Crippen molar-refractivity contribution in [1.29, 1.82) is 0 Å². The lowest BCUT2D eigenvalue weighted by Crippen LogP contribution is -2.30. The molecule has 0 radical (unpaired) electrons. The summed E-state index contributed by atoms with van der Waals surface area (Å²) in [6.45, 7) is 3.38. The van der Waals surface area contributed by atoms with Crippen LogP contribution in [0.4, 0.5) is 5.82 Å². The lowest BCUT2D eigenvalue weighted by Gasteiger charge is -2.13. The van der Waals surface area contributed by atoms with Gasteiger partial charge in [0.25, 0.3) is 5.91 Å². The molecule has 0 saturated heterocycles. The van der Waals surface area contributed by atoms with Crippen molar-refractivity contribution in [2.75, 3.05) is 26.0 Å². The van der Waals surface area contributed by atoms with Crippen LogP contribution in [0.2, 0.25) is 0 Å². The normalized spacial score (nSPS) is 12.2. The Bertz CT molecular complexity index is 595. The van der Waals surface area contributed by atoms with Crippen LogP contribution < -0.4 is 10.1 Å². The summed E-state index contributed by atoms with van der Waals surface area (Å²) < 4.78 is 7.38. The van der Waals surface area contributed by atoms with Crippen molar-refractivity contribution in [2.45, 2.75) is 19.6 Å². The van der Waals surface area contributed by atoms with Gasteiger partial charge in [-0.1, -0.05) is 18.2 Å². The van der Waals surface area contributed by atoms with Gasteiger partial charge in [0.1, 0.15) is 5.75 Å². The topological polar surface area (TPSA) is 59.4 Å². The Morgan fingerprint density at radius 2 is 2.05 bits per heavy atom. The Hall–Kier alpha value is -2.34. The van der Waals surface area contributed by atoms with Gasteiger partial charge in [-0.15, -0.1) is 0 Å². The molecule has 0 unspecified atom stereocenters. The van der Waals surface area contributed by atoms with Crippen LogP contribution >= 0.6 is 0 Å². The van der Waals surface area contributed by atoms with E-state index in [2.05, 4.69) is 15.3 Å². The number of hydrogen-bond donors (Lipinski definition) is 1. The lowest BCUT2D eigenvalue weighted by atomic mass is 10.3. The molecule has 0 bridgehead atoms. The Morgan fingerprint density at radius 1 is 1.32 bits per heavy atom. The van der Waals surface area contributed by atoms with Gasteiger partial charge in [-0.25, -0.2) is 0 Å². The smallest absolute Gasteiger partial charge is 0.266 e. The number of carbonyl (C=O) groups is 1. The first-order valence-corrected chi connectivity index (χ1v) is 7.25. The molecule has 0 fully saturated rings. The molecule has 1 amide bonds. The number of benzene rings is 1. The van der Waals surface area contributed by atoms with Crippen molar-refractivity contribution in [3.05, 3.63) is 42.6 Å². The number of likely N-dealkylation sites (N-methyl/N-ethyl adjacent to an activating group) is 1. The minimum Gasteiger partial charge on any atom is -0.481 e. The van der Waals surface area contributed by atoms with Crippen LogP contribution in [-0.4, -0.2) is 47.3 Å². The summed E-state index contributed by atoms with van der Waals surface area (Å²) >= 11 is 0. The van der Waals surface area contributed by atoms with E-state index in [4.69, 9.17) is 4.74 Å². The average Bonchev–Trinajstić information content (AvgIpc) is 2.93. The summed E-state index contributed by atoms with van der Waals surface area (Å²) in [6, 6.07) is 11.1. The molecule has 6 nitrogen and oxygen atoms in total. The van der Waals surface area contributed by atoms with Crippen molar-refractivity contribution in [2.24, 2.45) is 0 Å². The van der Waals surface area contributed by atoms with Gasteiger partial charge in [0.2, 0.25) is 0 Å². The quantitative estimate of drug-likeness (QED) is 0.848. The standard InChI is InChI=1S/C16H22N4O2/c1-13(22-14-7-5-4-6-8-14)16(21)17-15-9-10-20(18-15)12-11-19(2)3/h4-10,13H,11-12H2,1-3H3,(H,17,18,21)/t13-/m0/s1. The number of anilines is 1. The maximum Gasteiger partial charge on any atom is 0.266 e. The molecular weight excluding hydrogens is 280 g/mol. The SMILES string of the molecule is C[C@H](Oc1ccccc1)C(=O)Nc1ccn(CCN(C)C)n1. The number of carbonyl (C=O) groups excluding carboxylic acids is 1. The number of ether oxygens (including phenoxy) is 1. The van der Waals surface area contributed by atoms with Gasteiger partial charge in [-0.3, -0.25) is 9.48 Å². The van der Waals surface area contributed by atoms with Crippen molar-refractivity contribution in [1.82, 2.24) is 14.7 Å². The summed E-state index contributed by atoms with van der Waals surface area (Å²) in [5.74, 6) is 0.982. The number of hydrogen-bond acceptors (Lipinski definition) is 4. The maximum absolute atomic E-state index is 12.1. The van der Waals surface area contributed by atoms with Gasteiger partial charge in [0, 0.05) is 18.8 Å². The zero-order chi connectivity index (χ0) is 15.9. The minimum atomic E-state index is -0.589.